The molecule has 2 aliphatic rings. The van der Waals surface area contributed by atoms with Crippen molar-refractivity contribution in [3.8, 4) is 5.13 Å². The highest BCUT2D eigenvalue weighted by Gasteiger charge is 2.10. The van der Waals surface area contributed by atoms with Crippen LogP contribution < -0.4 is 20.9 Å². The highest BCUT2D eigenvalue weighted by atomic mass is 32.1. The van der Waals surface area contributed by atoms with Gasteiger partial charge in [-0.3, -0.25) is 15.3 Å². The van der Waals surface area contributed by atoms with Crippen molar-refractivity contribution in [1.82, 2.24) is 14.8 Å². The van der Waals surface area contributed by atoms with Gasteiger partial charge in [0.2, 0.25) is 5.13 Å². The third kappa shape index (κ3) is 2.72. The largest absolute Gasteiger partial charge is 0.283 e. The second-order valence-electron chi connectivity index (χ2n) is 4.69. The van der Waals surface area contributed by atoms with E-state index in [1.54, 1.807) is 22.1 Å². The Morgan fingerprint density at radius 2 is 1.83 bits per heavy atom. The molecule has 0 saturated heterocycles. The van der Waals surface area contributed by atoms with Crippen LogP contribution in [-0.2, 0) is 0 Å². The topological polar surface area (TPSA) is 74.5 Å². The minimum Gasteiger partial charge on any atom is -0.282 e. The molecule has 0 aliphatic carbocycles. The summed E-state index contributed by atoms with van der Waals surface area (Å²) in [6.45, 7) is 0. The number of H-pyrrole nitrogens is 1. The van der Waals surface area contributed by atoms with Crippen LogP contribution in [0.5, 0.6) is 0 Å². The standard InChI is InChI=1S/C15H10N4OS3/c16-13-11(7-9-3-1-5-21-9)14(20)17-15-19(13)18-12(23-15)8-10-4-2-6-22-10/h1-8,16,18H/b11-7-,12-8-,16-13?. The lowest BCUT2D eigenvalue weighted by Crippen LogP contribution is -2.47. The Hall–Kier alpha value is -2.29. The Labute approximate surface area is 142 Å². The molecule has 0 fully saturated rings. The summed E-state index contributed by atoms with van der Waals surface area (Å²) in [7, 11) is 0. The molecule has 2 aromatic heterocycles. The number of aromatic amines is 1. The smallest absolute Gasteiger partial charge is 0.282 e. The number of fused-ring (bicyclic) bond motifs is 1. The molecule has 8 heteroatoms. The summed E-state index contributed by atoms with van der Waals surface area (Å²) < 4.78 is 2.39. The Balaban J connectivity index is 1.98. The van der Waals surface area contributed by atoms with E-state index in [1.165, 1.54) is 22.7 Å². The first-order valence-corrected chi connectivity index (χ1v) is 9.25. The molecule has 2 aromatic rings. The first-order valence-electron chi connectivity index (χ1n) is 6.68. The molecule has 0 radical (unpaired) electrons. The van der Waals surface area contributed by atoms with Gasteiger partial charge < -0.3 is 0 Å². The fourth-order valence-electron chi connectivity index (χ4n) is 2.13. The first-order chi connectivity index (χ1) is 11.2. The molecule has 2 N–H and O–H groups in total. The van der Waals surface area contributed by atoms with E-state index in [4.69, 9.17) is 5.41 Å². The van der Waals surface area contributed by atoms with Crippen LogP contribution in [0.15, 0.2) is 39.8 Å². The summed E-state index contributed by atoms with van der Waals surface area (Å²) in [5, 5.41) is 16.2. The zero-order valence-electron chi connectivity index (χ0n) is 11.6. The number of nitrogens with zero attached hydrogens (tertiary/aromatic N) is 2. The van der Waals surface area contributed by atoms with Crippen molar-refractivity contribution >= 4 is 46.2 Å². The van der Waals surface area contributed by atoms with Crippen molar-refractivity contribution in [3.63, 3.8) is 0 Å². The number of thiophene rings is 2. The van der Waals surface area contributed by atoms with E-state index < -0.39 is 0 Å². The molecule has 23 heavy (non-hydrogen) atoms. The van der Waals surface area contributed by atoms with Crippen molar-refractivity contribution < 1.29 is 0 Å². The monoisotopic (exact) mass is 358 g/mol. The summed E-state index contributed by atoms with van der Waals surface area (Å²) in [4.78, 5) is 18.4. The van der Waals surface area contributed by atoms with E-state index in [0.717, 1.165) is 14.4 Å². The molecule has 0 spiro atoms. The molecule has 0 aromatic carbocycles. The Morgan fingerprint density at radius 3 is 2.48 bits per heavy atom. The first kappa shape index (κ1) is 14.3. The maximum Gasteiger partial charge on any atom is 0.283 e. The molecule has 0 unspecified atom stereocenters. The summed E-state index contributed by atoms with van der Waals surface area (Å²) in [5.74, 6) is 0. The highest BCUT2D eigenvalue weighted by Crippen LogP contribution is 2.10. The van der Waals surface area contributed by atoms with Crippen molar-refractivity contribution in [2.45, 2.75) is 0 Å². The normalized spacial score (nSPS) is 13.2. The third-order valence-corrected chi connectivity index (χ3v) is 5.69. The summed E-state index contributed by atoms with van der Waals surface area (Å²) in [5.41, 5.74) is -0.253. The molecule has 4 heterocycles. The number of aromatic nitrogens is 3. The molecular formula is C15H10N4OS3. The Kier molecular flexibility index (Phi) is 3.56. The Bertz CT molecular complexity index is 1150. The molecule has 5 nitrogen and oxygen atoms in total. The van der Waals surface area contributed by atoms with Gasteiger partial charge >= 0.3 is 0 Å². The molecule has 2 aliphatic heterocycles. The molecule has 0 saturated carbocycles. The molecule has 0 atom stereocenters. The average Bonchev–Trinajstić information content (AvgIpc) is 3.25. The van der Waals surface area contributed by atoms with Gasteiger partial charge in [-0.15, -0.1) is 22.7 Å². The van der Waals surface area contributed by atoms with Gasteiger partial charge in [-0.05, 0) is 35.0 Å². The predicted octanol–water partition coefficient (Wildman–Crippen LogP) is 1.32. The van der Waals surface area contributed by atoms with Crippen LogP contribution in [0.2, 0.25) is 0 Å². The van der Waals surface area contributed by atoms with E-state index in [2.05, 4.69) is 10.1 Å². The van der Waals surface area contributed by atoms with Crippen LogP contribution in [0.1, 0.15) is 9.75 Å². The molecule has 0 bridgehead atoms. The van der Waals surface area contributed by atoms with Crippen LogP contribution >= 0.6 is 34.0 Å². The van der Waals surface area contributed by atoms with Gasteiger partial charge in [0, 0.05) is 9.75 Å². The third-order valence-electron chi connectivity index (χ3n) is 3.17. The molecular weight excluding hydrogens is 348 g/mol. The maximum absolute atomic E-state index is 12.2. The van der Waals surface area contributed by atoms with Gasteiger partial charge in [0.25, 0.3) is 5.56 Å². The fourth-order valence-corrected chi connectivity index (χ4v) is 4.39. The van der Waals surface area contributed by atoms with Crippen molar-refractivity contribution in [2.75, 3.05) is 0 Å². The predicted molar refractivity (Wildman–Crippen MR) is 94.1 cm³/mol. The highest BCUT2D eigenvalue weighted by molar-refractivity contribution is 7.13. The van der Waals surface area contributed by atoms with Crippen LogP contribution in [-0.4, -0.2) is 14.8 Å². The van der Waals surface area contributed by atoms with Gasteiger partial charge in [-0.25, -0.2) is 4.68 Å². The van der Waals surface area contributed by atoms with Gasteiger partial charge in [-0.2, -0.15) is 4.98 Å². The zero-order valence-corrected chi connectivity index (χ0v) is 14.1. The van der Waals surface area contributed by atoms with Crippen LogP contribution in [0.4, 0.5) is 0 Å². The number of rotatable bonds is 2. The minimum absolute atomic E-state index is 0.121. The minimum atomic E-state index is -0.374. The van der Waals surface area contributed by atoms with E-state index in [0.29, 0.717) is 10.4 Å². The summed E-state index contributed by atoms with van der Waals surface area (Å²) in [6, 6.07) is 7.81. The number of nitrogens with one attached hydrogen (secondary N) is 2. The van der Waals surface area contributed by atoms with Crippen LogP contribution in [0, 0.1) is 5.41 Å². The van der Waals surface area contributed by atoms with E-state index in [-0.39, 0.29) is 11.0 Å². The quantitative estimate of drug-likeness (QED) is 0.567. The lowest BCUT2D eigenvalue weighted by molar-refractivity contribution is 0.750. The van der Waals surface area contributed by atoms with Gasteiger partial charge in [0.1, 0.15) is 4.66 Å². The van der Waals surface area contributed by atoms with Gasteiger partial charge in [0.15, 0.2) is 5.49 Å². The van der Waals surface area contributed by atoms with Gasteiger partial charge in [-0.1, -0.05) is 23.5 Å². The lowest BCUT2D eigenvalue weighted by atomic mass is 10.3. The Morgan fingerprint density at radius 1 is 1.13 bits per heavy atom. The van der Waals surface area contributed by atoms with Crippen LogP contribution in [0.25, 0.3) is 17.3 Å². The molecule has 114 valence electrons. The molecule has 0 amide bonds. The second-order valence-corrected chi connectivity index (χ2v) is 7.66. The van der Waals surface area contributed by atoms with Crippen molar-refractivity contribution in [3.05, 3.63) is 70.5 Å². The average molecular weight is 358 g/mol. The van der Waals surface area contributed by atoms with E-state index in [9.17, 15) is 4.79 Å². The summed E-state index contributed by atoms with van der Waals surface area (Å²) in [6.07, 6.45) is 3.69. The maximum atomic E-state index is 12.2. The van der Waals surface area contributed by atoms with Crippen molar-refractivity contribution in [2.24, 2.45) is 0 Å². The number of hydrogen-bond acceptors (Lipinski definition) is 6. The van der Waals surface area contributed by atoms with E-state index in [1.807, 2.05) is 41.1 Å². The van der Waals surface area contributed by atoms with Gasteiger partial charge in [0.05, 0.1) is 5.22 Å². The SMILES string of the molecule is N=c1/c(=C/c2cccs2)c(=O)nc2s/c(=C\c3cccs3)[nH]n1-2. The van der Waals surface area contributed by atoms with Crippen molar-refractivity contribution in [1.29, 1.82) is 5.41 Å². The fraction of sp³-hybridized carbons (Fsp3) is 0. The van der Waals surface area contributed by atoms with Crippen LogP contribution in [0.3, 0.4) is 0 Å². The summed E-state index contributed by atoms with van der Waals surface area (Å²) >= 11 is 4.51. The second kappa shape index (κ2) is 5.73. The zero-order chi connectivity index (χ0) is 15.8. The molecule has 4 rings (SSSR count). The lowest BCUT2D eigenvalue weighted by Gasteiger charge is -1.98. The van der Waals surface area contributed by atoms with E-state index >= 15 is 0 Å². The number of hydrogen-bond donors (Lipinski definition) is 2.